The number of pyridine rings is 1. The topological polar surface area (TPSA) is 106 Å². The molecule has 0 aromatic carbocycles. The quantitative estimate of drug-likeness (QED) is 0.451. The third-order valence-electron chi connectivity index (χ3n) is 7.04. The normalized spacial score (nSPS) is 23.8. The van der Waals surface area contributed by atoms with Crippen LogP contribution in [-0.2, 0) is 4.74 Å². The molecule has 0 spiro atoms. The number of aromatic nitrogens is 4. The molecule has 1 saturated carbocycles. The lowest BCUT2D eigenvalue weighted by Crippen LogP contribution is -2.37. The number of aliphatic hydroxyl groups excluding tert-OH is 1. The van der Waals surface area contributed by atoms with Gasteiger partial charge in [0.05, 0.1) is 24.4 Å². The minimum absolute atomic E-state index is 0.0925. The maximum Gasteiger partial charge on any atom is 0.241 e. The summed E-state index contributed by atoms with van der Waals surface area (Å²) in [5.74, 6) is 1.56. The Bertz CT molecular complexity index is 1120. The number of hydrogen-bond acceptors (Lipinski definition) is 8. The summed E-state index contributed by atoms with van der Waals surface area (Å²) in [6.07, 6.45) is 9.31. The molecule has 9 heteroatoms. The smallest absolute Gasteiger partial charge is 0.241 e. The highest BCUT2D eigenvalue weighted by Gasteiger charge is 2.26. The van der Waals surface area contributed by atoms with E-state index in [0.29, 0.717) is 24.4 Å². The first-order valence-corrected chi connectivity index (χ1v) is 12.8. The summed E-state index contributed by atoms with van der Waals surface area (Å²) in [4.78, 5) is 9.08. The highest BCUT2D eigenvalue weighted by molar-refractivity contribution is 5.81. The fourth-order valence-corrected chi connectivity index (χ4v) is 5.22. The van der Waals surface area contributed by atoms with E-state index in [4.69, 9.17) is 14.6 Å². The van der Waals surface area contributed by atoms with E-state index >= 15 is 0 Å². The van der Waals surface area contributed by atoms with Crippen molar-refractivity contribution in [3.8, 4) is 17.0 Å². The number of aliphatic hydroxyl groups is 1. The molecule has 0 radical (unpaired) electrons. The minimum Gasteiger partial charge on any atom is -0.473 e. The van der Waals surface area contributed by atoms with Crippen molar-refractivity contribution in [3.63, 3.8) is 0 Å². The van der Waals surface area contributed by atoms with E-state index in [1.165, 1.54) is 0 Å². The van der Waals surface area contributed by atoms with E-state index in [0.717, 1.165) is 74.0 Å². The van der Waals surface area contributed by atoms with Gasteiger partial charge in [-0.2, -0.15) is 0 Å². The first kappa shape index (κ1) is 24.0. The summed E-state index contributed by atoms with van der Waals surface area (Å²) in [6.45, 7) is 4.51. The van der Waals surface area contributed by atoms with Crippen molar-refractivity contribution in [2.24, 2.45) is 0 Å². The molecule has 188 valence electrons. The largest absolute Gasteiger partial charge is 0.473 e. The zero-order chi connectivity index (χ0) is 24.2. The van der Waals surface area contributed by atoms with Crippen LogP contribution in [0, 0.1) is 0 Å². The van der Waals surface area contributed by atoms with Crippen molar-refractivity contribution in [3.05, 3.63) is 36.3 Å². The Balaban J connectivity index is 1.49. The van der Waals surface area contributed by atoms with Gasteiger partial charge in [0, 0.05) is 49.1 Å². The second-order valence-electron chi connectivity index (χ2n) is 9.84. The number of hydrogen-bond donors (Lipinski definition) is 3. The second kappa shape index (κ2) is 10.9. The van der Waals surface area contributed by atoms with E-state index in [1.807, 2.05) is 36.0 Å². The van der Waals surface area contributed by atoms with Crippen molar-refractivity contribution in [2.45, 2.75) is 69.6 Å². The number of piperidine rings is 1. The number of fused-ring (bicyclic) bond motifs is 1. The van der Waals surface area contributed by atoms with Gasteiger partial charge in [0.2, 0.25) is 11.8 Å². The Labute approximate surface area is 206 Å². The molecule has 2 fully saturated rings. The monoisotopic (exact) mass is 480 g/mol. The molecule has 3 aromatic heterocycles. The van der Waals surface area contributed by atoms with Gasteiger partial charge in [0.1, 0.15) is 6.10 Å². The SMILES string of the molecule is COC[C@H](C)Nc1ncc2c(-c3ccnc(O[C@H]4CCCNC4)c3)cc(C3CCC(O)CC3)n2n1. The van der Waals surface area contributed by atoms with E-state index in [1.54, 1.807) is 7.11 Å². The number of anilines is 1. The van der Waals surface area contributed by atoms with E-state index in [9.17, 15) is 5.11 Å². The highest BCUT2D eigenvalue weighted by atomic mass is 16.5. The molecule has 1 aliphatic carbocycles. The van der Waals surface area contributed by atoms with E-state index in [-0.39, 0.29) is 18.2 Å². The van der Waals surface area contributed by atoms with Crippen molar-refractivity contribution in [1.82, 2.24) is 24.9 Å². The van der Waals surface area contributed by atoms with Crippen molar-refractivity contribution < 1.29 is 14.6 Å². The summed E-state index contributed by atoms with van der Waals surface area (Å²) in [5, 5.41) is 21.6. The van der Waals surface area contributed by atoms with Crippen LogP contribution in [0.15, 0.2) is 30.6 Å². The predicted octanol–water partition coefficient (Wildman–Crippen LogP) is 3.39. The van der Waals surface area contributed by atoms with Crippen molar-refractivity contribution in [2.75, 3.05) is 32.1 Å². The number of methoxy groups -OCH3 is 1. The summed E-state index contributed by atoms with van der Waals surface area (Å²) >= 11 is 0. The Hall–Kier alpha value is -2.75. The molecule has 9 nitrogen and oxygen atoms in total. The fourth-order valence-electron chi connectivity index (χ4n) is 5.22. The lowest BCUT2D eigenvalue weighted by atomic mass is 9.85. The van der Waals surface area contributed by atoms with Crippen LogP contribution < -0.4 is 15.4 Å². The summed E-state index contributed by atoms with van der Waals surface area (Å²) < 4.78 is 13.5. The van der Waals surface area contributed by atoms with Crippen LogP contribution in [0.2, 0.25) is 0 Å². The molecule has 2 atom stereocenters. The van der Waals surface area contributed by atoms with Gasteiger partial charge in [0.15, 0.2) is 0 Å². The van der Waals surface area contributed by atoms with Gasteiger partial charge in [-0.3, -0.25) is 0 Å². The average molecular weight is 481 g/mol. The molecule has 1 saturated heterocycles. The van der Waals surface area contributed by atoms with E-state index in [2.05, 4.69) is 26.7 Å². The van der Waals surface area contributed by atoms with Gasteiger partial charge in [-0.15, -0.1) is 5.10 Å². The Kier molecular flexibility index (Phi) is 7.46. The standard InChI is InChI=1S/C26H36N6O3/c1-17(16-34-2)30-26-29-15-24-22(13-23(32(24)31-26)18-5-7-20(33)8-6-18)19-9-11-28-25(12-19)35-21-4-3-10-27-14-21/h9,11-13,15,17-18,20-21,27,33H,3-8,10,14,16H2,1-2H3,(H,30,31)/t17-,18?,20?,21-/m0/s1. The lowest BCUT2D eigenvalue weighted by Gasteiger charge is -2.25. The van der Waals surface area contributed by atoms with Gasteiger partial charge in [-0.1, -0.05) is 0 Å². The first-order valence-electron chi connectivity index (χ1n) is 12.8. The number of rotatable bonds is 8. The molecular formula is C26H36N6O3. The Morgan fingerprint density at radius 3 is 2.83 bits per heavy atom. The van der Waals surface area contributed by atoms with Gasteiger partial charge in [-0.25, -0.2) is 14.5 Å². The van der Waals surface area contributed by atoms with Gasteiger partial charge >= 0.3 is 0 Å². The van der Waals surface area contributed by atoms with Crippen LogP contribution in [0.5, 0.6) is 5.88 Å². The van der Waals surface area contributed by atoms with Gasteiger partial charge in [-0.05, 0) is 69.7 Å². The number of nitrogens with zero attached hydrogens (tertiary/aromatic N) is 4. The highest BCUT2D eigenvalue weighted by Crippen LogP contribution is 2.38. The minimum atomic E-state index is -0.201. The van der Waals surface area contributed by atoms with Crippen LogP contribution in [0.1, 0.15) is 57.1 Å². The second-order valence-corrected chi connectivity index (χ2v) is 9.84. The predicted molar refractivity (Wildman–Crippen MR) is 135 cm³/mol. The molecular weight excluding hydrogens is 444 g/mol. The summed E-state index contributed by atoms with van der Waals surface area (Å²) in [5.41, 5.74) is 4.21. The van der Waals surface area contributed by atoms with E-state index < -0.39 is 0 Å². The van der Waals surface area contributed by atoms with Crippen LogP contribution in [-0.4, -0.2) is 69.7 Å². The van der Waals surface area contributed by atoms with Crippen LogP contribution >= 0.6 is 0 Å². The molecule has 3 aromatic rings. The molecule has 0 amide bonds. The maximum atomic E-state index is 10.0. The number of ether oxygens (including phenoxy) is 2. The molecule has 1 aliphatic heterocycles. The molecule has 35 heavy (non-hydrogen) atoms. The lowest BCUT2D eigenvalue weighted by molar-refractivity contribution is 0.121. The number of nitrogens with one attached hydrogen (secondary N) is 2. The average Bonchev–Trinajstić information content (AvgIpc) is 3.24. The van der Waals surface area contributed by atoms with Gasteiger partial charge < -0.3 is 25.2 Å². The Morgan fingerprint density at radius 1 is 1.20 bits per heavy atom. The molecule has 3 N–H and O–H groups in total. The zero-order valence-corrected chi connectivity index (χ0v) is 20.6. The molecule has 0 bridgehead atoms. The zero-order valence-electron chi connectivity index (χ0n) is 20.6. The summed E-state index contributed by atoms with van der Waals surface area (Å²) in [7, 11) is 1.69. The third-order valence-corrected chi connectivity index (χ3v) is 7.04. The molecule has 2 aliphatic rings. The Morgan fingerprint density at radius 2 is 2.06 bits per heavy atom. The van der Waals surface area contributed by atoms with Crippen LogP contribution in [0.3, 0.4) is 0 Å². The van der Waals surface area contributed by atoms with Crippen molar-refractivity contribution >= 4 is 11.5 Å². The molecule has 4 heterocycles. The first-order chi connectivity index (χ1) is 17.1. The van der Waals surface area contributed by atoms with Crippen LogP contribution in [0.4, 0.5) is 5.95 Å². The fraction of sp³-hybridized carbons (Fsp3) is 0.577. The maximum absolute atomic E-state index is 10.0. The summed E-state index contributed by atoms with van der Waals surface area (Å²) in [6, 6.07) is 6.36. The van der Waals surface area contributed by atoms with Crippen LogP contribution in [0.25, 0.3) is 16.6 Å². The molecule has 0 unspecified atom stereocenters. The van der Waals surface area contributed by atoms with Crippen molar-refractivity contribution in [1.29, 1.82) is 0 Å². The molecule has 5 rings (SSSR count). The van der Waals surface area contributed by atoms with Gasteiger partial charge in [0.25, 0.3) is 0 Å². The third kappa shape index (κ3) is 5.58.